The van der Waals surface area contributed by atoms with Crippen LogP contribution < -0.4 is 10.6 Å². The van der Waals surface area contributed by atoms with Gasteiger partial charge in [-0.1, -0.05) is 13.0 Å². The van der Waals surface area contributed by atoms with Gasteiger partial charge in [0, 0.05) is 6.04 Å². The Balaban J connectivity index is 1.81. The number of nitrogens with zero attached hydrogens (tertiary/aromatic N) is 1. The number of fused-ring (bicyclic) bond motifs is 1. The van der Waals surface area contributed by atoms with Crippen LogP contribution in [0.25, 0.3) is 0 Å². The first-order chi connectivity index (χ1) is 13.7. The van der Waals surface area contributed by atoms with E-state index in [1.54, 1.807) is 12.1 Å². The summed E-state index contributed by atoms with van der Waals surface area (Å²) in [6, 6.07) is 4.86. The Morgan fingerprint density at radius 2 is 2.03 bits per heavy atom. The lowest BCUT2D eigenvalue weighted by Crippen LogP contribution is -2.63. The summed E-state index contributed by atoms with van der Waals surface area (Å²) < 4.78 is 0. The van der Waals surface area contributed by atoms with Gasteiger partial charge >= 0.3 is 6.03 Å². The molecule has 4 N–H and O–H groups in total. The van der Waals surface area contributed by atoms with E-state index < -0.39 is 17.2 Å². The molecule has 4 rings (SSSR count). The molecule has 7 nitrogen and oxygen atoms in total. The maximum Gasteiger partial charge on any atom is 0.322 e. The summed E-state index contributed by atoms with van der Waals surface area (Å²) in [6.45, 7) is 7.86. The number of hydrogen-bond donors (Lipinski definition) is 4. The van der Waals surface area contributed by atoms with Gasteiger partial charge in [0.1, 0.15) is 11.3 Å². The molecule has 1 aliphatic carbocycles. The lowest BCUT2D eigenvalue weighted by Gasteiger charge is -2.51. The van der Waals surface area contributed by atoms with Crippen LogP contribution in [0.3, 0.4) is 0 Å². The number of aryl methyl sites for hydroxylation is 1. The van der Waals surface area contributed by atoms with E-state index in [1.807, 2.05) is 13.0 Å². The summed E-state index contributed by atoms with van der Waals surface area (Å²) in [4.78, 5) is 26.9. The minimum Gasteiger partial charge on any atom is -0.508 e. The van der Waals surface area contributed by atoms with Crippen molar-refractivity contribution >= 4 is 11.9 Å². The van der Waals surface area contributed by atoms with E-state index in [0.717, 1.165) is 30.6 Å². The molecule has 1 saturated carbocycles. The molecule has 1 unspecified atom stereocenters. The number of nitrogens with one attached hydrogen (secondary N) is 2. The SMILES string of the molecule is CCN1CC[C@H](c2cc(O)ccc2C)C2C[C@]3(CC[C@@]2(O)[C@H]1C)NC(=O)NC3=O. The van der Waals surface area contributed by atoms with E-state index in [-0.39, 0.29) is 29.5 Å². The van der Waals surface area contributed by atoms with Crippen LogP contribution in [0, 0.1) is 12.8 Å². The van der Waals surface area contributed by atoms with Crippen LogP contribution in [0.1, 0.15) is 56.6 Å². The number of urea groups is 1. The fraction of sp³-hybridized carbons (Fsp3) is 0.636. The number of likely N-dealkylation sites (tertiary alicyclic amines) is 1. The van der Waals surface area contributed by atoms with Crippen molar-refractivity contribution in [1.29, 1.82) is 0 Å². The number of hydrogen-bond acceptors (Lipinski definition) is 5. The smallest absolute Gasteiger partial charge is 0.322 e. The van der Waals surface area contributed by atoms with Gasteiger partial charge in [0.25, 0.3) is 5.91 Å². The number of likely N-dealkylation sites (N-methyl/N-ethyl adjacent to an activating group) is 1. The summed E-state index contributed by atoms with van der Waals surface area (Å²) in [5.74, 6) is -0.322. The van der Waals surface area contributed by atoms with Gasteiger partial charge in [0.05, 0.1) is 5.60 Å². The Kier molecular flexibility index (Phi) is 4.86. The molecule has 29 heavy (non-hydrogen) atoms. The highest BCUT2D eigenvalue weighted by molar-refractivity contribution is 6.07. The quantitative estimate of drug-likeness (QED) is 0.568. The van der Waals surface area contributed by atoms with E-state index in [9.17, 15) is 19.8 Å². The van der Waals surface area contributed by atoms with Crippen molar-refractivity contribution in [3.63, 3.8) is 0 Å². The number of aliphatic hydroxyl groups is 1. The second-order valence-electron chi connectivity index (χ2n) is 9.03. The molecule has 2 heterocycles. The predicted molar refractivity (Wildman–Crippen MR) is 109 cm³/mol. The Morgan fingerprint density at radius 3 is 2.69 bits per heavy atom. The van der Waals surface area contributed by atoms with Crippen LogP contribution >= 0.6 is 0 Å². The molecule has 0 bridgehead atoms. The summed E-state index contributed by atoms with van der Waals surface area (Å²) in [5, 5.41) is 27.4. The molecule has 0 aromatic heterocycles. The second kappa shape index (κ2) is 6.99. The Bertz CT molecular complexity index is 843. The van der Waals surface area contributed by atoms with Crippen LogP contribution in [0.5, 0.6) is 5.75 Å². The highest BCUT2D eigenvalue weighted by Crippen LogP contribution is 2.52. The minimum atomic E-state index is -0.978. The number of amides is 3. The van der Waals surface area contributed by atoms with Crippen molar-refractivity contribution in [1.82, 2.24) is 15.5 Å². The number of phenols is 1. The molecule has 3 fully saturated rings. The Morgan fingerprint density at radius 1 is 1.28 bits per heavy atom. The van der Waals surface area contributed by atoms with Crippen LogP contribution in [-0.2, 0) is 4.79 Å². The lowest BCUT2D eigenvalue weighted by atomic mass is 9.59. The minimum absolute atomic E-state index is 0.0198. The van der Waals surface area contributed by atoms with Crippen molar-refractivity contribution in [2.75, 3.05) is 13.1 Å². The zero-order valence-corrected chi connectivity index (χ0v) is 17.4. The maximum atomic E-state index is 12.7. The average molecular weight is 402 g/mol. The highest BCUT2D eigenvalue weighted by atomic mass is 16.3. The summed E-state index contributed by atoms with van der Waals surface area (Å²) >= 11 is 0. The molecule has 1 aromatic carbocycles. The first kappa shape index (κ1) is 20.2. The molecule has 2 saturated heterocycles. The second-order valence-corrected chi connectivity index (χ2v) is 9.03. The lowest BCUT2D eigenvalue weighted by molar-refractivity contribution is -0.138. The van der Waals surface area contributed by atoms with Crippen molar-refractivity contribution < 1.29 is 19.8 Å². The summed E-state index contributed by atoms with van der Waals surface area (Å²) in [6.07, 6.45) is 2.08. The fourth-order valence-electron chi connectivity index (χ4n) is 5.96. The van der Waals surface area contributed by atoms with Crippen molar-refractivity contribution in [3.8, 4) is 5.75 Å². The predicted octanol–water partition coefficient (Wildman–Crippen LogP) is 2.01. The van der Waals surface area contributed by atoms with E-state index in [2.05, 4.69) is 29.4 Å². The normalized spacial score (nSPS) is 37.7. The first-order valence-electron chi connectivity index (χ1n) is 10.6. The number of carbonyl (C=O) groups is 2. The van der Waals surface area contributed by atoms with Gasteiger partial charge in [0.2, 0.25) is 0 Å². The first-order valence-corrected chi connectivity index (χ1v) is 10.6. The number of imide groups is 1. The number of benzene rings is 1. The topological polar surface area (TPSA) is 102 Å². The van der Waals surface area contributed by atoms with Crippen LogP contribution in [0.15, 0.2) is 18.2 Å². The monoisotopic (exact) mass is 401 g/mol. The van der Waals surface area contributed by atoms with Gasteiger partial charge < -0.3 is 15.5 Å². The fourth-order valence-corrected chi connectivity index (χ4v) is 5.96. The molecule has 7 heteroatoms. The van der Waals surface area contributed by atoms with Crippen LogP contribution in [0.4, 0.5) is 4.79 Å². The molecular weight excluding hydrogens is 370 g/mol. The Labute approximate surface area is 171 Å². The van der Waals surface area contributed by atoms with E-state index >= 15 is 0 Å². The molecule has 1 spiro atoms. The third kappa shape index (κ3) is 3.11. The van der Waals surface area contributed by atoms with Gasteiger partial charge in [0.15, 0.2) is 0 Å². The molecule has 1 aromatic rings. The van der Waals surface area contributed by atoms with Gasteiger partial charge in [-0.2, -0.15) is 0 Å². The molecule has 5 atom stereocenters. The third-order valence-electron chi connectivity index (χ3n) is 7.73. The molecule has 3 amide bonds. The number of aromatic hydroxyl groups is 1. The summed E-state index contributed by atoms with van der Waals surface area (Å²) in [5.41, 5.74) is 0.138. The van der Waals surface area contributed by atoms with Gasteiger partial charge in [-0.05, 0) is 87.7 Å². The van der Waals surface area contributed by atoms with Crippen molar-refractivity contribution in [2.45, 2.75) is 69.6 Å². The summed E-state index contributed by atoms with van der Waals surface area (Å²) in [7, 11) is 0. The third-order valence-corrected chi connectivity index (χ3v) is 7.73. The van der Waals surface area contributed by atoms with Crippen LogP contribution in [0.2, 0.25) is 0 Å². The molecule has 158 valence electrons. The Hall–Kier alpha value is -2.12. The van der Waals surface area contributed by atoms with Gasteiger partial charge in [-0.3, -0.25) is 15.0 Å². The van der Waals surface area contributed by atoms with Gasteiger partial charge in [-0.15, -0.1) is 0 Å². The van der Waals surface area contributed by atoms with E-state index in [4.69, 9.17) is 0 Å². The highest BCUT2D eigenvalue weighted by Gasteiger charge is 2.60. The van der Waals surface area contributed by atoms with Crippen LogP contribution in [-0.4, -0.2) is 57.3 Å². The molecule has 0 radical (unpaired) electrons. The van der Waals surface area contributed by atoms with Crippen molar-refractivity contribution in [2.24, 2.45) is 5.92 Å². The van der Waals surface area contributed by atoms with Crippen molar-refractivity contribution in [3.05, 3.63) is 29.3 Å². The number of rotatable bonds is 2. The largest absolute Gasteiger partial charge is 0.508 e. The zero-order valence-electron chi connectivity index (χ0n) is 17.4. The molecule has 2 aliphatic heterocycles. The maximum absolute atomic E-state index is 12.7. The molecular formula is C22H31N3O4. The van der Waals surface area contributed by atoms with E-state index in [0.29, 0.717) is 19.3 Å². The number of phenolic OH excluding ortho intramolecular Hbond substituents is 1. The standard InChI is InChI=1S/C22H31N3O4/c1-4-25-10-7-16(17-11-15(26)6-5-13(17)2)18-12-21(19(27)23-20(28)24-21)8-9-22(18,29)14(25)3/h5-6,11,14,16,18,26,29H,4,7-10,12H2,1-3H3,(H2,23,24,27,28)/t14-,16-,18?,21+,22-/m1/s1. The number of carbonyl (C=O) groups excluding carboxylic acids is 2. The zero-order chi connectivity index (χ0) is 21.0. The van der Waals surface area contributed by atoms with Gasteiger partial charge in [-0.25, -0.2) is 4.79 Å². The average Bonchev–Trinajstić information content (AvgIpc) is 2.90. The van der Waals surface area contributed by atoms with E-state index in [1.165, 1.54) is 0 Å². The molecule has 3 aliphatic rings.